The van der Waals surface area contributed by atoms with E-state index in [1.165, 1.54) is 13.2 Å². The van der Waals surface area contributed by atoms with E-state index in [2.05, 4.69) is 20.7 Å². The first-order chi connectivity index (χ1) is 6.98. The van der Waals surface area contributed by atoms with Gasteiger partial charge in [-0.15, -0.1) is 0 Å². The molecule has 0 unspecified atom stereocenters. The number of hydrogen-bond donors (Lipinski definition) is 1. The minimum Gasteiger partial charge on any atom is -0.495 e. The van der Waals surface area contributed by atoms with Crippen LogP contribution in [0, 0.1) is 0 Å². The second-order valence-corrected chi connectivity index (χ2v) is 6.13. The topological polar surface area (TPSA) is 55.4 Å². The summed E-state index contributed by atoms with van der Waals surface area (Å²) in [6.45, 7) is 0. The molecule has 0 aliphatic rings. The smallest absolute Gasteiger partial charge is 0.242 e. The SMILES string of the molecule is COc1ccc(Cl)cc1NS(=O)(=O)CBr. The van der Waals surface area contributed by atoms with E-state index in [9.17, 15) is 8.42 Å². The van der Waals surface area contributed by atoms with Crippen LogP contribution in [0.4, 0.5) is 5.69 Å². The Balaban J connectivity index is 3.08. The van der Waals surface area contributed by atoms with Crippen LogP contribution in [0.2, 0.25) is 5.02 Å². The Labute approximate surface area is 102 Å². The van der Waals surface area contributed by atoms with Crippen LogP contribution in [0.1, 0.15) is 0 Å². The quantitative estimate of drug-likeness (QED) is 0.869. The molecule has 0 saturated heterocycles. The maximum absolute atomic E-state index is 11.3. The molecule has 0 radical (unpaired) electrons. The second kappa shape index (κ2) is 5.05. The Kier molecular flexibility index (Phi) is 4.24. The van der Waals surface area contributed by atoms with Crippen molar-refractivity contribution < 1.29 is 13.2 Å². The first-order valence-electron chi connectivity index (χ1n) is 3.88. The molecular weight excluding hydrogens is 306 g/mol. The van der Waals surface area contributed by atoms with Gasteiger partial charge >= 0.3 is 0 Å². The normalized spacial score (nSPS) is 11.1. The molecule has 0 atom stereocenters. The summed E-state index contributed by atoms with van der Waals surface area (Å²) in [6, 6.07) is 4.70. The number of halogens is 2. The molecule has 15 heavy (non-hydrogen) atoms. The lowest BCUT2D eigenvalue weighted by atomic mass is 10.3. The lowest BCUT2D eigenvalue weighted by Gasteiger charge is -2.10. The summed E-state index contributed by atoms with van der Waals surface area (Å²) in [5, 5.41) is 0.433. The number of anilines is 1. The highest BCUT2D eigenvalue weighted by Gasteiger charge is 2.11. The standard InChI is InChI=1S/C8H9BrClNO3S/c1-14-8-3-2-6(10)4-7(8)11-15(12,13)5-9/h2-4,11H,5H2,1H3. The van der Waals surface area contributed by atoms with Crippen LogP contribution in [0.5, 0.6) is 5.75 Å². The van der Waals surface area contributed by atoms with Gasteiger partial charge < -0.3 is 4.74 Å². The number of benzene rings is 1. The van der Waals surface area contributed by atoms with Gasteiger partial charge in [0.05, 0.1) is 12.8 Å². The Morgan fingerprint density at radius 3 is 2.73 bits per heavy atom. The largest absolute Gasteiger partial charge is 0.495 e. The maximum atomic E-state index is 11.3. The number of nitrogens with one attached hydrogen (secondary N) is 1. The molecule has 1 aromatic rings. The van der Waals surface area contributed by atoms with E-state index in [0.29, 0.717) is 16.5 Å². The van der Waals surface area contributed by atoms with Crippen molar-refractivity contribution in [2.75, 3.05) is 16.5 Å². The van der Waals surface area contributed by atoms with Gasteiger partial charge in [-0.1, -0.05) is 27.5 Å². The summed E-state index contributed by atoms with van der Waals surface area (Å²) in [7, 11) is -1.94. The van der Waals surface area contributed by atoms with Gasteiger partial charge in [-0.25, -0.2) is 8.42 Å². The first kappa shape index (κ1) is 12.6. The summed E-state index contributed by atoms with van der Waals surface area (Å²) in [5.41, 5.74) is 0.324. The lowest BCUT2D eigenvalue weighted by Crippen LogP contribution is -2.13. The zero-order valence-electron chi connectivity index (χ0n) is 7.83. The van der Waals surface area contributed by atoms with E-state index in [1.54, 1.807) is 12.1 Å². The number of ether oxygens (including phenoxy) is 1. The molecule has 0 amide bonds. The average molecular weight is 315 g/mol. The number of methoxy groups -OCH3 is 1. The fraction of sp³-hybridized carbons (Fsp3) is 0.250. The third-order valence-electron chi connectivity index (χ3n) is 1.57. The summed E-state index contributed by atoms with van der Waals surface area (Å²) in [5.74, 6) is 0.420. The molecule has 1 aromatic carbocycles. The van der Waals surface area contributed by atoms with Gasteiger partial charge in [0, 0.05) is 5.02 Å². The van der Waals surface area contributed by atoms with E-state index in [1.807, 2.05) is 0 Å². The van der Waals surface area contributed by atoms with E-state index in [-0.39, 0.29) is 4.66 Å². The number of hydrogen-bond acceptors (Lipinski definition) is 3. The summed E-state index contributed by atoms with van der Waals surface area (Å²) in [4.78, 5) is 0. The van der Waals surface area contributed by atoms with Crippen molar-refractivity contribution in [2.45, 2.75) is 0 Å². The van der Waals surface area contributed by atoms with E-state index in [4.69, 9.17) is 16.3 Å². The van der Waals surface area contributed by atoms with Crippen molar-refractivity contribution in [3.8, 4) is 5.75 Å². The third-order valence-corrected chi connectivity index (χ3v) is 4.43. The van der Waals surface area contributed by atoms with Crippen LogP contribution in [0.3, 0.4) is 0 Å². The average Bonchev–Trinajstić information content (AvgIpc) is 2.18. The van der Waals surface area contributed by atoms with Gasteiger partial charge in [0.1, 0.15) is 10.4 Å². The van der Waals surface area contributed by atoms with Gasteiger partial charge in [0.25, 0.3) is 0 Å². The van der Waals surface area contributed by atoms with Crippen molar-refractivity contribution in [1.82, 2.24) is 0 Å². The van der Waals surface area contributed by atoms with E-state index in [0.717, 1.165) is 0 Å². The number of alkyl halides is 1. The number of rotatable bonds is 4. The molecule has 1 N–H and O–H groups in total. The highest BCUT2D eigenvalue weighted by molar-refractivity contribution is 9.10. The van der Waals surface area contributed by atoms with Crippen LogP contribution >= 0.6 is 27.5 Å². The van der Waals surface area contributed by atoms with Crippen LogP contribution in [-0.2, 0) is 10.0 Å². The van der Waals surface area contributed by atoms with Crippen molar-refractivity contribution in [1.29, 1.82) is 0 Å². The number of sulfonamides is 1. The minimum atomic E-state index is -3.39. The fourth-order valence-electron chi connectivity index (χ4n) is 0.955. The summed E-state index contributed by atoms with van der Waals surface area (Å²) in [6.07, 6.45) is 0. The molecule has 0 heterocycles. The lowest BCUT2D eigenvalue weighted by molar-refractivity contribution is 0.417. The van der Waals surface area contributed by atoms with Crippen molar-refractivity contribution in [2.24, 2.45) is 0 Å². The molecule has 0 aliphatic carbocycles. The Bertz CT molecular complexity index is 449. The van der Waals surface area contributed by atoms with Crippen LogP contribution in [0.25, 0.3) is 0 Å². The predicted octanol–water partition coefficient (Wildman–Crippen LogP) is 2.44. The van der Waals surface area contributed by atoms with Gasteiger partial charge in [-0.2, -0.15) is 0 Å². The molecule has 0 aromatic heterocycles. The van der Waals surface area contributed by atoms with Gasteiger partial charge in [-0.05, 0) is 18.2 Å². The molecule has 1 rings (SSSR count). The van der Waals surface area contributed by atoms with Crippen molar-refractivity contribution in [3.05, 3.63) is 23.2 Å². The Hall–Kier alpha value is -0.460. The summed E-state index contributed by atoms with van der Waals surface area (Å²) < 4.78 is 29.7. The molecule has 0 bridgehead atoms. The first-order valence-corrected chi connectivity index (χ1v) is 7.03. The zero-order valence-corrected chi connectivity index (χ0v) is 11.0. The minimum absolute atomic E-state index is 0.185. The molecule has 0 aliphatic heterocycles. The maximum Gasteiger partial charge on any atom is 0.242 e. The monoisotopic (exact) mass is 313 g/mol. The van der Waals surface area contributed by atoms with Gasteiger partial charge in [0.2, 0.25) is 10.0 Å². The zero-order chi connectivity index (χ0) is 11.5. The highest BCUT2D eigenvalue weighted by atomic mass is 79.9. The molecule has 0 fully saturated rings. The predicted molar refractivity (Wildman–Crippen MR) is 64.3 cm³/mol. The van der Waals surface area contributed by atoms with E-state index < -0.39 is 10.0 Å². The summed E-state index contributed by atoms with van der Waals surface area (Å²) >= 11 is 8.61. The van der Waals surface area contributed by atoms with Crippen LogP contribution < -0.4 is 9.46 Å². The molecule has 4 nitrogen and oxygen atoms in total. The Morgan fingerprint density at radius 2 is 2.20 bits per heavy atom. The molecule has 84 valence electrons. The van der Waals surface area contributed by atoms with E-state index >= 15 is 0 Å². The highest BCUT2D eigenvalue weighted by Crippen LogP contribution is 2.28. The van der Waals surface area contributed by atoms with Crippen molar-refractivity contribution in [3.63, 3.8) is 0 Å². The fourth-order valence-corrected chi connectivity index (χ4v) is 2.02. The van der Waals surface area contributed by atoms with Gasteiger partial charge in [0.15, 0.2) is 0 Å². The third kappa shape index (κ3) is 3.55. The van der Waals surface area contributed by atoms with Crippen molar-refractivity contribution >= 4 is 43.2 Å². The molecule has 0 saturated carbocycles. The molecule has 7 heteroatoms. The second-order valence-electron chi connectivity index (χ2n) is 2.67. The Morgan fingerprint density at radius 1 is 1.53 bits per heavy atom. The van der Waals surface area contributed by atoms with Gasteiger partial charge in [-0.3, -0.25) is 4.72 Å². The van der Waals surface area contributed by atoms with Crippen LogP contribution in [-0.4, -0.2) is 20.2 Å². The van der Waals surface area contributed by atoms with Crippen LogP contribution in [0.15, 0.2) is 18.2 Å². The molecular formula is C8H9BrClNO3S. The molecule has 0 spiro atoms.